The molecule has 1 aliphatic rings. The van der Waals surface area contributed by atoms with Gasteiger partial charge in [0.05, 0.1) is 13.2 Å². The van der Waals surface area contributed by atoms with Gasteiger partial charge in [0.1, 0.15) is 17.4 Å². The molecule has 3 rings (SSSR count). The number of likely N-dealkylation sites (tertiary alicyclic amines) is 1. The van der Waals surface area contributed by atoms with E-state index in [1.807, 2.05) is 57.2 Å². The molecule has 0 radical (unpaired) electrons. The molecule has 0 aliphatic carbocycles. The maximum atomic E-state index is 12.9. The topological polar surface area (TPSA) is 63.5 Å². The monoisotopic (exact) mass is 371 g/mol. The van der Waals surface area contributed by atoms with Crippen molar-refractivity contribution in [3.05, 3.63) is 41.5 Å². The van der Waals surface area contributed by atoms with Crippen LogP contribution < -0.4 is 4.74 Å². The van der Waals surface area contributed by atoms with E-state index in [0.717, 1.165) is 43.3 Å². The van der Waals surface area contributed by atoms with Crippen LogP contribution in [0.2, 0.25) is 0 Å². The van der Waals surface area contributed by atoms with Crippen molar-refractivity contribution in [1.82, 2.24) is 24.6 Å². The number of hydrogen-bond donors (Lipinski definition) is 0. The van der Waals surface area contributed by atoms with E-state index in [-0.39, 0.29) is 11.8 Å². The fourth-order valence-corrected chi connectivity index (χ4v) is 3.57. The van der Waals surface area contributed by atoms with Crippen LogP contribution in [-0.2, 0) is 13.6 Å². The van der Waals surface area contributed by atoms with Crippen LogP contribution in [0.3, 0.4) is 0 Å². The maximum absolute atomic E-state index is 12.9. The number of piperidine rings is 1. The standard InChI is InChI=1S/C20H29N5O2/c1-5-27-17-10-8-15(9-11-17)20(26)25-12-6-7-16(13-25)19-22-21-18(24(19)4)14-23(2)3/h8-11,16H,5-7,12-14H2,1-4H3/t16-/m1/s1. The first-order valence-corrected chi connectivity index (χ1v) is 9.54. The number of ether oxygens (including phenoxy) is 1. The summed E-state index contributed by atoms with van der Waals surface area (Å²) in [7, 11) is 6.06. The van der Waals surface area contributed by atoms with Crippen molar-refractivity contribution in [3.8, 4) is 5.75 Å². The third kappa shape index (κ3) is 4.47. The predicted molar refractivity (Wildman–Crippen MR) is 104 cm³/mol. The van der Waals surface area contributed by atoms with Crippen LogP contribution in [-0.4, -0.2) is 64.3 Å². The average molecular weight is 371 g/mol. The van der Waals surface area contributed by atoms with E-state index in [2.05, 4.69) is 19.7 Å². The second-order valence-electron chi connectivity index (χ2n) is 7.32. The third-order valence-electron chi connectivity index (χ3n) is 4.94. The molecule has 27 heavy (non-hydrogen) atoms. The fraction of sp³-hybridized carbons (Fsp3) is 0.550. The van der Waals surface area contributed by atoms with Crippen LogP contribution in [0, 0.1) is 0 Å². The number of aromatic nitrogens is 3. The molecule has 0 saturated carbocycles. The molecule has 146 valence electrons. The molecule has 1 amide bonds. The molecule has 2 heterocycles. The lowest BCUT2D eigenvalue weighted by molar-refractivity contribution is 0.0703. The van der Waals surface area contributed by atoms with E-state index in [1.165, 1.54) is 0 Å². The Bertz CT molecular complexity index is 769. The molecule has 1 aromatic carbocycles. The molecule has 1 aromatic heterocycles. The van der Waals surface area contributed by atoms with Gasteiger partial charge in [0.15, 0.2) is 0 Å². The van der Waals surface area contributed by atoms with Gasteiger partial charge in [0.25, 0.3) is 5.91 Å². The second-order valence-corrected chi connectivity index (χ2v) is 7.32. The molecule has 1 atom stereocenters. The lowest BCUT2D eigenvalue weighted by atomic mass is 9.96. The Kier molecular flexibility index (Phi) is 6.11. The van der Waals surface area contributed by atoms with Gasteiger partial charge in [-0.1, -0.05) is 0 Å². The molecule has 7 heteroatoms. The van der Waals surface area contributed by atoms with Crippen LogP contribution >= 0.6 is 0 Å². The zero-order chi connectivity index (χ0) is 19.4. The van der Waals surface area contributed by atoms with E-state index in [0.29, 0.717) is 18.7 Å². The van der Waals surface area contributed by atoms with Gasteiger partial charge in [-0.15, -0.1) is 10.2 Å². The molecule has 0 spiro atoms. The van der Waals surface area contributed by atoms with Crippen LogP contribution in [0.25, 0.3) is 0 Å². The fourth-order valence-electron chi connectivity index (χ4n) is 3.57. The van der Waals surface area contributed by atoms with E-state index < -0.39 is 0 Å². The predicted octanol–water partition coefficient (Wildman–Crippen LogP) is 2.30. The Balaban J connectivity index is 1.70. The summed E-state index contributed by atoms with van der Waals surface area (Å²) in [6.07, 6.45) is 2.00. The van der Waals surface area contributed by atoms with Crippen molar-refractivity contribution in [2.24, 2.45) is 7.05 Å². The summed E-state index contributed by atoms with van der Waals surface area (Å²) >= 11 is 0. The van der Waals surface area contributed by atoms with E-state index in [9.17, 15) is 4.79 Å². The van der Waals surface area contributed by atoms with Gasteiger partial charge in [-0.3, -0.25) is 4.79 Å². The minimum absolute atomic E-state index is 0.0680. The highest BCUT2D eigenvalue weighted by Gasteiger charge is 2.29. The smallest absolute Gasteiger partial charge is 0.253 e. The van der Waals surface area contributed by atoms with Gasteiger partial charge >= 0.3 is 0 Å². The summed E-state index contributed by atoms with van der Waals surface area (Å²) in [5.74, 6) is 3.00. The molecule has 1 aliphatic heterocycles. The Hall–Kier alpha value is -2.41. The highest BCUT2D eigenvalue weighted by molar-refractivity contribution is 5.94. The second kappa shape index (κ2) is 8.52. The van der Waals surface area contributed by atoms with Crippen LogP contribution in [0.15, 0.2) is 24.3 Å². The SMILES string of the molecule is CCOc1ccc(C(=O)N2CCC[C@@H](c3nnc(CN(C)C)n3C)C2)cc1. The molecule has 2 aromatic rings. The molecular formula is C20H29N5O2. The first-order valence-electron chi connectivity index (χ1n) is 9.54. The summed E-state index contributed by atoms with van der Waals surface area (Å²) in [6.45, 7) is 4.79. The molecule has 7 nitrogen and oxygen atoms in total. The lowest BCUT2D eigenvalue weighted by Gasteiger charge is -2.32. The highest BCUT2D eigenvalue weighted by atomic mass is 16.5. The number of carbonyl (C=O) groups excluding carboxylic acids is 1. The van der Waals surface area contributed by atoms with E-state index in [4.69, 9.17) is 4.74 Å². The molecular weight excluding hydrogens is 342 g/mol. The number of rotatable bonds is 6. The number of carbonyl (C=O) groups is 1. The minimum Gasteiger partial charge on any atom is -0.494 e. The van der Waals surface area contributed by atoms with Gasteiger partial charge in [-0.05, 0) is 58.1 Å². The largest absolute Gasteiger partial charge is 0.494 e. The highest BCUT2D eigenvalue weighted by Crippen LogP contribution is 2.27. The Morgan fingerprint density at radius 1 is 1.26 bits per heavy atom. The van der Waals surface area contributed by atoms with E-state index >= 15 is 0 Å². The summed E-state index contributed by atoms with van der Waals surface area (Å²) < 4.78 is 7.54. The zero-order valence-electron chi connectivity index (χ0n) is 16.7. The van der Waals surface area contributed by atoms with Crippen molar-refractivity contribution in [1.29, 1.82) is 0 Å². The van der Waals surface area contributed by atoms with Crippen molar-refractivity contribution >= 4 is 5.91 Å². The van der Waals surface area contributed by atoms with Crippen molar-refractivity contribution in [2.75, 3.05) is 33.8 Å². The summed E-state index contributed by atoms with van der Waals surface area (Å²) in [4.78, 5) is 16.9. The van der Waals surface area contributed by atoms with Crippen molar-refractivity contribution in [2.45, 2.75) is 32.2 Å². The Morgan fingerprint density at radius 2 is 2.00 bits per heavy atom. The number of amides is 1. The van der Waals surface area contributed by atoms with Gasteiger partial charge in [0.2, 0.25) is 0 Å². The van der Waals surface area contributed by atoms with Gasteiger partial charge < -0.3 is 19.1 Å². The van der Waals surface area contributed by atoms with Crippen LogP contribution in [0.4, 0.5) is 0 Å². The molecule has 0 bridgehead atoms. The number of hydrogen-bond acceptors (Lipinski definition) is 5. The number of nitrogens with zero attached hydrogens (tertiary/aromatic N) is 5. The molecule has 1 saturated heterocycles. The molecule has 0 unspecified atom stereocenters. The van der Waals surface area contributed by atoms with Gasteiger partial charge in [-0.25, -0.2) is 0 Å². The van der Waals surface area contributed by atoms with Crippen LogP contribution in [0.5, 0.6) is 5.75 Å². The normalized spacial score (nSPS) is 17.4. The first kappa shape index (κ1) is 19.4. The Labute approximate surface area is 160 Å². The first-order chi connectivity index (χ1) is 13.0. The number of benzene rings is 1. The lowest BCUT2D eigenvalue weighted by Crippen LogP contribution is -2.39. The Morgan fingerprint density at radius 3 is 2.67 bits per heavy atom. The summed E-state index contributed by atoms with van der Waals surface area (Å²) in [6, 6.07) is 7.39. The molecule has 0 N–H and O–H groups in total. The van der Waals surface area contributed by atoms with E-state index in [1.54, 1.807) is 0 Å². The molecule has 1 fully saturated rings. The summed E-state index contributed by atoms with van der Waals surface area (Å²) in [5.41, 5.74) is 0.699. The summed E-state index contributed by atoms with van der Waals surface area (Å²) in [5, 5.41) is 8.76. The maximum Gasteiger partial charge on any atom is 0.253 e. The third-order valence-corrected chi connectivity index (χ3v) is 4.94. The average Bonchev–Trinajstić information content (AvgIpc) is 3.02. The van der Waals surface area contributed by atoms with Gasteiger partial charge in [-0.2, -0.15) is 0 Å². The zero-order valence-corrected chi connectivity index (χ0v) is 16.7. The van der Waals surface area contributed by atoms with Gasteiger partial charge in [0, 0.05) is 31.6 Å². The van der Waals surface area contributed by atoms with Crippen molar-refractivity contribution in [3.63, 3.8) is 0 Å². The van der Waals surface area contributed by atoms with Crippen LogP contribution in [0.1, 0.15) is 47.7 Å². The quantitative estimate of drug-likeness (QED) is 0.780. The van der Waals surface area contributed by atoms with Crippen molar-refractivity contribution < 1.29 is 9.53 Å². The minimum atomic E-state index is 0.0680.